The molecule has 5 heteroatoms. The first-order chi connectivity index (χ1) is 10.7. The summed E-state index contributed by atoms with van der Waals surface area (Å²) in [5.74, 6) is 0.565. The van der Waals surface area contributed by atoms with Gasteiger partial charge in [-0.15, -0.1) is 11.3 Å². The van der Waals surface area contributed by atoms with E-state index in [9.17, 15) is 9.90 Å². The number of Topliss-reactive ketones (excluding diaryl/α,β-unsaturated/α-hetero) is 1. The van der Waals surface area contributed by atoms with Gasteiger partial charge in [-0.05, 0) is 46.5 Å². The van der Waals surface area contributed by atoms with Crippen LogP contribution in [0.15, 0.2) is 28.1 Å². The smallest absolute Gasteiger partial charge is 0.167 e. The Morgan fingerprint density at radius 3 is 2.61 bits per heavy atom. The maximum Gasteiger partial charge on any atom is 0.167 e. The Balaban J connectivity index is 2.15. The highest BCUT2D eigenvalue weighted by atomic mass is 79.9. The summed E-state index contributed by atoms with van der Waals surface area (Å²) in [6, 6.07) is 5.41. The molecule has 0 saturated carbocycles. The van der Waals surface area contributed by atoms with E-state index in [1.807, 2.05) is 32.2 Å². The number of phenolic OH excluding ortho intramolecular Hbond substituents is 1. The molecule has 1 heterocycles. The van der Waals surface area contributed by atoms with Crippen LogP contribution in [0.25, 0.3) is 0 Å². The highest BCUT2D eigenvalue weighted by molar-refractivity contribution is 9.10. The fourth-order valence-electron chi connectivity index (χ4n) is 2.22. The fraction of sp³-hybridized carbons (Fsp3) is 0.389. The molecule has 0 amide bonds. The van der Waals surface area contributed by atoms with E-state index in [-0.39, 0.29) is 16.9 Å². The Morgan fingerprint density at radius 1 is 1.35 bits per heavy atom. The van der Waals surface area contributed by atoms with Crippen molar-refractivity contribution in [1.29, 1.82) is 0 Å². The molecule has 23 heavy (non-hydrogen) atoms. The SMILES string of the molecule is Cc1c(OCc2cc(Br)cs2)ccc(C(=O)CC(C)(C)C)c1O. The lowest BCUT2D eigenvalue weighted by atomic mass is 9.87. The van der Waals surface area contributed by atoms with Gasteiger partial charge >= 0.3 is 0 Å². The molecule has 0 aliphatic rings. The van der Waals surface area contributed by atoms with E-state index >= 15 is 0 Å². The van der Waals surface area contributed by atoms with E-state index < -0.39 is 0 Å². The van der Waals surface area contributed by atoms with E-state index in [0.29, 0.717) is 29.9 Å². The zero-order valence-corrected chi connectivity index (χ0v) is 16.2. The third kappa shape index (κ3) is 4.82. The van der Waals surface area contributed by atoms with Crippen molar-refractivity contribution >= 4 is 33.0 Å². The van der Waals surface area contributed by atoms with Gasteiger partial charge in [-0.3, -0.25) is 4.79 Å². The Kier molecular flexibility index (Phi) is 5.53. The van der Waals surface area contributed by atoms with Crippen molar-refractivity contribution in [3.05, 3.63) is 44.1 Å². The first-order valence-electron chi connectivity index (χ1n) is 7.39. The van der Waals surface area contributed by atoms with Crippen molar-refractivity contribution in [3.63, 3.8) is 0 Å². The molecule has 0 aliphatic heterocycles. The van der Waals surface area contributed by atoms with Crippen molar-refractivity contribution in [2.45, 2.75) is 40.7 Å². The van der Waals surface area contributed by atoms with Crippen LogP contribution in [0.4, 0.5) is 0 Å². The zero-order chi connectivity index (χ0) is 17.2. The molecule has 2 aromatic rings. The molecule has 0 saturated heterocycles. The maximum absolute atomic E-state index is 12.3. The molecule has 0 radical (unpaired) electrons. The summed E-state index contributed by atoms with van der Waals surface area (Å²) in [7, 11) is 0. The molecular formula is C18H21BrO3S. The standard InChI is InChI=1S/C18H21BrO3S/c1-11-16(22-9-13-7-12(19)10-23-13)6-5-14(17(11)21)15(20)8-18(2,3)4/h5-7,10,21H,8-9H2,1-4H3. The topological polar surface area (TPSA) is 46.5 Å². The molecule has 0 unspecified atom stereocenters. The number of carbonyl (C=O) groups is 1. The van der Waals surface area contributed by atoms with Gasteiger partial charge in [-0.1, -0.05) is 20.8 Å². The number of hydrogen-bond acceptors (Lipinski definition) is 4. The molecule has 1 aromatic carbocycles. The minimum absolute atomic E-state index is 0.0177. The second kappa shape index (κ2) is 7.05. The predicted molar refractivity (Wildman–Crippen MR) is 97.6 cm³/mol. The summed E-state index contributed by atoms with van der Waals surface area (Å²) >= 11 is 5.02. The molecule has 0 atom stereocenters. The van der Waals surface area contributed by atoms with E-state index in [1.165, 1.54) is 0 Å². The van der Waals surface area contributed by atoms with Crippen molar-refractivity contribution in [1.82, 2.24) is 0 Å². The van der Waals surface area contributed by atoms with Crippen LogP contribution in [0.5, 0.6) is 11.5 Å². The monoisotopic (exact) mass is 396 g/mol. The summed E-state index contributed by atoms with van der Waals surface area (Å²) in [5.41, 5.74) is 0.850. The molecule has 3 nitrogen and oxygen atoms in total. The third-order valence-electron chi connectivity index (χ3n) is 3.36. The number of ketones is 1. The van der Waals surface area contributed by atoms with Crippen LogP contribution < -0.4 is 4.74 Å². The highest BCUT2D eigenvalue weighted by Gasteiger charge is 2.21. The average Bonchev–Trinajstić information content (AvgIpc) is 2.84. The summed E-state index contributed by atoms with van der Waals surface area (Å²) in [5, 5.41) is 12.3. The molecule has 0 bridgehead atoms. The second-order valence-electron chi connectivity index (χ2n) is 6.77. The number of rotatable bonds is 5. The van der Waals surface area contributed by atoms with Crippen LogP contribution in [-0.4, -0.2) is 10.9 Å². The Morgan fingerprint density at radius 2 is 2.04 bits per heavy atom. The molecule has 1 aromatic heterocycles. The van der Waals surface area contributed by atoms with E-state index in [4.69, 9.17) is 4.74 Å². The molecule has 0 spiro atoms. The van der Waals surface area contributed by atoms with Crippen LogP contribution in [0.3, 0.4) is 0 Å². The maximum atomic E-state index is 12.3. The van der Waals surface area contributed by atoms with Gasteiger partial charge in [0.1, 0.15) is 18.1 Å². The summed E-state index contributed by atoms with van der Waals surface area (Å²) in [4.78, 5) is 13.4. The number of hydrogen-bond donors (Lipinski definition) is 1. The van der Waals surface area contributed by atoms with Crippen LogP contribution in [-0.2, 0) is 6.61 Å². The fourth-order valence-corrected chi connectivity index (χ4v) is 3.58. The van der Waals surface area contributed by atoms with Crippen molar-refractivity contribution < 1.29 is 14.6 Å². The van der Waals surface area contributed by atoms with Gasteiger partial charge in [0.05, 0.1) is 5.56 Å². The van der Waals surface area contributed by atoms with Gasteiger partial charge in [0, 0.05) is 26.7 Å². The zero-order valence-electron chi connectivity index (χ0n) is 13.8. The van der Waals surface area contributed by atoms with Crippen LogP contribution in [0.2, 0.25) is 0 Å². The van der Waals surface area contributed by atoms with Gasteiger partial charge in [-0.2, -0.15) is 0 Å². The number of thiophene rings is 1. The number of halogens is 1. The number of phenols is 1. The third-order valence-corrected chi connectivity index (χ3v) is 5.04. The van der Waals surface area contributed by atoms with Gasteiger partial charge in [0.25, 0.3) is 0 Å². The predicted octanol–water partition coefficient (Wildman–Crippen LogP) is 5.72. The first-order valence-corrected chi connectivity index (χ1v) is 9.06. The molecule has 124 valence electrons. The van der Waals surface area contributed by atoms with Crippen molar-refractivity contribution in [2.24, 2.45) is 5.41 Å². The molecule has 1 N–H and O–H groups in total. The quantitative estimate of drug-likeness (QED) is 0.656. The minimum atomic E-state index is -0.112. The van der Waals surface area contributed by atoms with Crippen molar-refractivity contribution in [2.75, 3.05) is 0 Å². The number of benzene rings is 1. The number of aromatic hydroxyl groups is 1. The van der Waals surface area contributed by atoms with Gasteiger partial charge in [-0.25, -0.2) is 0 Å². The lowest BCUT2D eigenvalue weighted by Crippen LogP contribution is -2.13. The minimum Gasteiger partial charge on any atom is -0.507 e. The summed E-state index contributed by atoms with van der Waals surface area (Å²) in [6.45, 7) is 8.22. The summed E-state index contributed by atoms with van der Waals surface area (Å²) in [6.07, 6.45) is 0.392. The molecule has 0 fully saturated rings. The molecular weight excluding hydrogens is 376 g/mol. The van der Waals surface area contributed by atoms with E-state index in [2.05, 4.69) is 15.9 Å². The van der Waals surface area contributed by atoms with Gasteiger partial charge in [0.15, 0.2) is 5.78 Å². The number of ether oxygens (including phenoxy) is 1. The lowest BCUT2D eigenvalue weighted by molar-refractivity contribution is 0.0937. The largest absolute Gasteiger partial charge is 0.507 e. The lowest BCUT2D eigenvalue weighted by Gasteiger charge is -2.18. The van der Waals surface area contributed by atoms with E-state index in [0.717, 1.165) is 9.35 Å². The Labute approximate surface area is 149 Å². The molecule has 0 aliphatic carbocycles. The molecule has 2 rings (SSSR count). The first kappa shape index (κ1) is 18.0. The summed E-state index contributed by atoms with van der Waals surface area (Å²) < 4.78 is 6.80. The second-order valence-corrected chi connectivity index (χ2v) is 8.68. The van der Waals surface area contributed by atoms with Gasteiger partial charge < -0.3 is 9.84 Å². The highest BCUT2D eigenvalue weighted by Crippen LogP contribution is 2.34. The van der Waals surface area contributed by atoms with Crippen LogP contribution in [0, 0.1) is 12.3 Å². The normalized spacial score (nSPS) is 11.5. The van der Waals surface area contributed by atoms with Gasteiger partial charge in [0.2, 0.25) is 0 Å². The van der Waals surface area contributed by atoms with Crippen LogP contribution in [0.1, 0.15) is 48.0 Å². The van der Waals surface area contributed by atoms with Crippen molar-refractivity contribution in [3.8, 4) is 11.5 Å². The van der Waals surface area contributed by atoms with E-state index in [1.54, 1.807) is 30.4 Å². The number of carbonyl (C=O) groups excluding carboxylic acids is 1. The Hall–Kier alpha value is -1.33. The average molecular weight is 397 g/mol. The van der Waals surface area contributed by atoms with Crippen LogP contribution >= 0.6 is 27.3 Å². The Bertz CT molecular complexity index is 714.